The Morgan fingerprint density at radius 2 is 1.63 bits per heavy atom. The molecule has 0 aliphatic carbocycles. The number of aromatic amines is 1. The summed E-state index contributed by atoms with van der Waals surface area (Å²) in [6.07, 6.45) is 2.84. The van der Waals surface area contributed by atoms with Crippen molar-refractivity contribution in [2.24, 2.45) is 0 Å². The molecule has 134 valence electrons. The number of H-pyrrole nitrogens is 1. The second kappa shape index (κ2) is 6.68. The highest BCUT2D eigenvalue weighted by atomic mass is 19.1. The summed E-state index contributed by atoms with van der Waals surface area (Å²) in [5.74, 6) is -0.468. The number of nitrogens with zero attached hydrogens (tertiary/aromatic N) is 1. The van der Waals surface area contributed by atoms with Crippen molar-refractivity contribution in [3.8, 4) is 0 Å². The summed E-state index contributed by atoms with van der Waals surface area (Å²) in [6, 6.07) is 17.7. The molecule has 5 heteroatoms. The van der Waals surface area contributed by atoms with Crippen LogP contribution in [0.4, 0.5) is 4.39 Å². The zero-order valence-electron chi connectivity index (χ0n) is 14.7. The van der Waals surface area contributed by atoms with Crippen LogP contribution in [0.2, 0.25) is 0 Å². The SMILES string of the molecule is Cc1cn(C/C(F)=C/c2c3ccccc3cc3ccccc23)c(=O)[nH]c1=O. The van der Waals surface area contributed by atoms with E-state index in [1.54, 1.807) is 6.92 Å². The number of rotatable bonds is 3. The third-order valence-corrected chi connectivity index (χ3v) is 4.62. The van der Waals surface area contributed by atoms with Crippen molar-refractivity contribution in [2.75, 3.05) is 0 Å². The van der Waals surface area contributed by atoms with E-state index in [4.69, 9.17) is 0 Å². The zero-order valence-corrected chi connectivity index (χ0v) is 14.7. The van der Waals surface area contributed by atoms with Crippen LogP contribution in [-0.2, 0) is 6.54 Å². The van der Waals surface area contributed by atoms with Crippen LogP contribution in [0.3, 0.4) is 0 Å². The lowest BCUT2D eigenvalue weighted by molar-refractivity contribution is 0.546. The lowest BCUT2D eigenvalue weighted by Crippen LogP contribution is -2.30. The molecule has 4 aromatic rings. The highest BCUT2D eigenvalue weighted by molar-refractivity contribution is 6.06. The molecule has 1 N–H and O–H groups in total. The van der Waals surface area contributed by atoms with E-state index in [0.29, 0.717) is 5.56 Å². The van der Waals surface area contributed by atoms with Crippen LogP contribution in [0, 0.1) is 6.92 Å². The van der Waals surface area contributed by atoms with E-state index in [0.717, 1.165) is 31.7 Å². The van der Waals surface area contributed by atoms with Crippen LogP contribution in [-0.4, -0.2) is 9.55 Å². The van der Waals surface area contributed by atoms with Gasteiger partial charge in [-0.25, -0.2) is 9.18 Å². The molecule has 0 saturated carbocycles. The molecule has 27 heavy (non-hydrogen) atoms. The Morgan fingerprint density at radius 1 is 1.04 bits per heavy atom. The van der Waals surface area contributed by atoms with Gasteiger partial charge in [0.05, 0.1) is 6.54 Å². The summed E-state index contributed by atoms with van der Waals surface area (Å²) >= 11 is 0. The lowest BCUT2D eigenvalue weighted by atomic mass is 9.96. The van der Waals surface area contributed by atoms with Crippen LogP contribution in [0.25, 0.3) is 27.6 Å². The van der Waals surface area contributed by atoms with Crippen molar-refractivity contribution in [1.29, 1.82) is 0 Å². The predicted octanol–water partition coefficient (Wildman–Crippen LogP) is 4.16. The summed E-state index contributed by atoms with van der Waals surface area (Å²) in [6.45, 7) is 1.34. The molecule has 0 amide bonds. The number of aryl methyl sites for hydroxylation is 1. The second-order valence-electron chi connectivity index (χ2n) is 6.52. The average Bonchev–Trinajstić information content (AvgIpc) is 2.66. The molecule has 0 fully saturated rings. The lowest BCUT2D eigenvalue weighted by Gasteiger charge is -2.09. The Kier molecular flexibility index (Phi) is 4.20. The van der Waals surface area contributed by atoms with E-state index in [1.165, 1.54) is 12.3 Å². The fourth-order valence-corrected chi connectivity index (χ4v) is 3.31. The number of aromatic nitrogens is 2. The topological polar surface area (TPSA) is 54.9 Å². The highest BCUT2D eigenvalue weighted by Crippen LogP contribution is 2.30. The number of halogens is 1. The summed E-state index contributed by atoms with van der Waals surface area (Å²) in [5, 5.41) is 3.92. The van der Waals surface area contributed by atoms with Crippen molar-refractivity contribution in [1.82, 2.24) is 9.55 Å². The van der Waals surface area contributed by atoms with Crippen molar-refractivity contribution in [3.05, 3.63) is 98.6 Å². The molecular weight excluding hydrogens is 343 g/mol. The third kappa shape index (κ3) is 3.19. The van der Waals surface area contributed by atoms with Gasteiger partial charge in [0.1, 0.15) is 5.83 Å². The number of fused-ring (bicyclic) bond motifs is 2. The normalized spacial score (nSPS) is 12.0. The first-order chi connectivity index (χ1) is 13.0. The minimum atomic E-state index is -0.628. The van der Waals surface area contributed by atoms with E-state index < -0.39 is 17.1 Å². The fourth-order valence-electron chi connectivity index (χ4n) is 3.31. The van der Waals surface area contributed by atoms with Crippen LogP contribution in [0.5, 0.6) is 0 Å². The minimum Gasteiger partial charge on any atom is -0.294 e. The smallest absolute Gasteiger partial charge is 0.294 e. The number of allylic oxidation sites excluding steroid dienone is 1. The Hall–Kier alpha value is -3.47. The first-order valence-electron chi connectivity index (χ1n) is 8.60. The number of hydrogen-bond acceptors (Lipinski definition) is 2. The van der Waals surface area contributed by atoms with E-state index in [-0.39, 0.29) is 6.54 Å². The largest absolute Gasteiger partial charge is 0.328 e. The number of nitrogens with one attached hydrogen (secondary N) is 1. The summed E-state index contributed by atoms with van der Waals surface area (Å²) in [5.41, 5.74) is 0.0472. The quantitative estimate of drug-likeness (QED) is 0.558. The highest BCUT2D eigenvalue weighted by Gasteiger charge is 2.09. The molecule has 3 aromatic carbocycles. The summed E-state index contributed by atoms with van der Waals surface area (Å²) in [4.78, 5) is 25.6. The molecule has 4 rings (SSSR count). The molecule has 0 saturated heterocycles. The maximum Gasteiger partial charge on any atom is 0.328 e. The second-order valence-corrected chi connectivity index (χ2v) is 6.52. The summed E-state index contributed by atoms with van der Waals surface area (Å²) < 4.78 is 16.0. The van der Waals surface area contributed by atoms with Gasteiger partial charge in [0.25, 0.3) is 5.56 Å². The van der Waals surface area contributed by atoms with Crippen molar-refractivity contribution in [3.63, 3.8) is 0 Å². The maximum atomic E-state index is 14.9. The molecule has 1 heterocycles. The molecule has 0 unspecified atom stereocenters. The van der Waals surface area contributed by atoms with Gasteiger partial charge in [0, 0.05) is 11.8 Å². The van der Waals surface area contributed by atoms with E-state index in [1.807, 2.05) is 48.5 Å². The van der Waals surface area contributed by atoms with Gasteiger partial charge in [-0.3, -0.25) is 14.3 Å². The van der Waals surface area contributed by atoms with E-state index >= 15 is 0 Å². The fraction of sp³-hybridized carbons (Fsp3) is 0.0909. The van der Waals surface area contributed by atoms with Crippen molar-refractivity contribution in [2.45, 2.75) is 13.5 Å². The first kappa shape index (κ1) is 17.0. The molecule has 4 nitrogen and oxygen atoms in total. The Labute approximate surface area is 154 Å². The Morgan fingerprint density at radius 3 is 2.26 bits per heavy atom. The summed E-state index contributed by atoms with van der Waals surface area (Å²) in [7, 11) is 0. The van der Waals surface area contributed by atoms with Crippen LogP contribution in [0.15, 0.2) is 76.2 Å². The molecule has 0 spiro atoms. The molecular formula is C22H17FN2O2. The third-order valence-electron chi connectivity index (χ3n) is 4.62. The Balaban J connectivity index is 1.87. The van der Waals surface area contributed by atoms with Gasteiger partial charge in [-0.1, -0.05) is 48.5 Å². The average molecular weight is 360 g/mol. The van der Waals surface area contributed by atoms with Crippen molar-refractivity contribution < 1.29 is 4.39 Å². The van der Waals surface area contributed by atoms with Gasteiger partial charge in [-0.2, -0.15) is 0 Å². The Bertz CT molecular complexity index is 1260. The molecule has 0 radical (unpaired) electrons. The van der Waals surface area contributed by atoms with E-state index in [9.17, 15) is 14.0 Å². The zero-order chi connectivity index (χ0) is 19.0. The van der Waals surface area contributed by atoms with E-state index in [2.05, 4.69) is 11.1 Å². The van der Waals surface area contributed by atoms with Gasteiger partial charge < -0.3 is 0 Å². The number of benzene rings is 3. The van der Waals surface area contributed by atoms with Gasteiger partial charge in [0.15, 0.2) is 0 Å². The van der Waals surface area contributed by atoms with Gasteiger partial charge >= 0.3 is 5.69 Å². The van der Waals surface area contributed by atoms with Gasteiger partial charge in [-0.05, 0) is 46.2 Å². The molecule has 0 aliphatic heterocycles. The van der Waals surface area contributed by atoms with Crippen LogP contribution in [0.1, 0.15) is 11.1 Å². The van der Waals surface area contributed by atoms with Crippen LogP contribution >= 0.6 is 0 Å². The molecule has 0 aliphatic rings. The first-order valence-corrected chi connectivity index (χ1v) is 8.60. The standard InChI is InChI=1S/C22H17FN2O2/c1-14-12-25(22(27)24-21(14)26)13-17(23)11-20-18-8-4-2-6-15(18)10-16-7-3-5-9-19(16)20/h2-12H,13H2,1H3,(H,24,26,27)/b17-11-. The van der Waals surface area contributed by atoms with Crippen molar-refractivity contribution >= 4 is 27.6 Å². The minimum absolute atomic E-state index is 0.242. The monoisotopic (exact) mass is 360 g/mol. The van der Waals surface area contributed by atoms with Gasteiger partial charge in [-0.15, -0.1) is 0 Å². The maximum absolute atomic E-state index is 14.9. The van der Waals surface area contributed by atoms with Gasteiger partial charge in [0.2, 0.25) is 0 Å². The molecule has 0 atom stereocenters. The predicted molar refractivity (Wildman–Crippen MR) is 107 cm³/mol. The number of hydrogen-bond donors (Lipinski definition) is 1. The molecule has 1 aromatic heterocycles. The molecule has 0 bridgehead atoms. The van der Waals surface area contributed by atoms with Crippen LogP contribution < -0.4 is 11.2 Å².